The molecule has 1 aromatic carbocycles. The quantitative estimate of drug-likeness (QED) is 0.863. The first-order valence-electron chi connectivity index (χ1n) is 6.80. The lowest BCUT2D eigenvalue weighted by atomic mass is 10.1. The topological polar surface area (TPSA) is 30.5 Å². The summed E-state index contributed by atoms with van der Waals surface area (Å²) in [6.45, 7) is 4.95. The van der Waals surface area contributed by atoms with Crippen molar-refractivity contribution in [2.45, 2.75) is 39.2 Å². The van der Waals surface area contributed by atoms with E-state index in [0.29, 0.717) is 12.6 Å². The van der Waals surface area contributed by atoms with Gasteiger partial charge in [-0.05, 0) is 44.2 Å². The zero-order valence-corrected chi connectivity index (χ0v) is 11.5. The lowest BCUT2D eigenvalue weighted by Crippen LogP contribution is -2.15. The zero-order valence-electron chi connectivity index (χ0n) is 11.5. The molecule has 1 saturated carbocycles. The molecule has 1 aliphatic carbocycles. The van der Waals surface area contributed by atoms with Crippen LogP contribution in [0.4, 0.5) is 5.69 Å². The smallest absolute Gasteiger partial charge is 0.162 e. The van der Waals surface area contributed by atoms with E-state index in [4.69, 9.17) is 9.47 Å². The molecule has 2 unspecified atom stereocenters. The number of ether oxygens (including phenoxy) is 2. The van der Waals surface area contributed by atoms with E-state index in [2.05, 4.69) is 18.3 Å². The highest BCUT2D eigenvalue weighted by Crippen LogP contribution is 2.32. The molecule has 18 heavy (non-hydrogen) atoms. The summed E-state index contributed by atoms with van der Waals surface area (Å²) in [5, 5.41) is 3.58. The van der Waals surface area contributed by atoms with E-state index < -0.39 is 0 Å². The third-order valence-corrected chi connectivity index (χ3v) is 3.53. The largest absolute Gasteiger partial charge is 0.493 e. The van der Waals surface area contributed by atoms with Crippen molar-refractivity contribution in [2.24, 2.45) is 5.92 Å². The number of hydrogen-bond donors (Lipinski definition) is 1. The molecule has 2 rings (SSSR count). The molecule has 0 amide bonds. The van der Waals surface area contributed by atoms with Crippen molar-refractivity contribution in [3.05, 3.63) is 18.2 Å². The van der Waals surface area contributed by atoms with E-state index in [1.807, 2.05) is 19.1 Å². The monoisotopic (exact) mass is 249 g/mol. The van der Waals surface area contributed by atoms with Gasteiger partial charge in [-0.15, -0.1) is 0 Å². The second-order valence-corrected chi connectivity index (χ2v) is 5.06. The third kappa shape index (κ3) is 3.09. The maximum absolute atomic E-state index is 5.52. The number of nitrogens with one attached hydrogen (secondary N) is 1. The normalized spacial score (nSPS) is 22.8. The highest BCUT2D eigenvalue weighted by molar-refractivity contribution is 5.55. The minimum Gasteiger partial charge on any atom is -0.493 e. The number of methoxy groups -OCH3 is 1. The summed E-state index contributed by atoms with van der Waals surface area (Å²) in [6, 6.07) is 6.66. The van der Waals surface area contributed by atoms with Crippen molar-refractivity contribution in [1.82, 2.24) is 0 Å². The Kier molecular flexibility index (Phi) is 4.34. The fourth-order valence-corrected chi connectivity index (χ4v) is 2.61. The number of benzene rings is 1. The van der Waals surface area contributed by atoms with Gasteiger partial charge in [-0.3, -0.25) is 0 Å². The van der Waals surface area contributed by atoms with Crippen LogP contribution in [0.1, 0.15) is 33.1 Å². The summed E-state index contributed by atoms with van der Waals surface area (Å²) < 4.78 is 10.9. The van der Waals surface area contributed by atoms with Gasteiger partial charge >= 0.3 is 0 Å². The Morgan fingerprint density at radius 1 is 1.28 bits per heavy atom. The van der Waals surface area contributed by atoms with E-state index >= 15 is 0 Å². The molecular formula is C15H23NO2. The molecule has 1 aliphatic rings. The lowest BCUT2D eigenvalue weighted by molar-refractivity contribution is 0.311. The summed E-state index contributed by atoms with van der Waals surface area (Å²) in [7, 11) is 1.68. The van der Waals surface area contributed by atoms with Gasteiger partial charge in [0.25, 0.3) is 0 Å². The predicted octanol–water partition coefficient (Wildman–Crippen LogP) is 3.69. The fourth-order valence-electron chi connectivity index (χ4n) is 2.61. The van der Waals surface area contributed by atoms with Crippen LogP contribution in [0.2, 0.25) is 0 Å². The number of hydrogen-bond acceptors (Lipinski definition) is 3. The van der Waals surface area contributed by atoms with Crippen LogP contribution in [0.5, 0.6) is 11.5 Å². The van der Waals surface area contributed by atoms with Crippen LogP contribution in [0, 0.1) is 5.92 Å². The second kappa shape index (κ2) is 5.98. The molecule has 1 fully saturated rings. The van der Waals surface area contributed by atoms with E-state index in [1.165, 1.54) is 19.3 Å². The molecule has 0 heterocycles. The molecule has 0 saturated heterocycles. The van der Waals surface area contributed by atoms with Gasteiger partial charge in [0, 0.05) is 17.8 Å². The molecule has 100 valence electrons. The van der Waals surface area contributed by atoms with Crippen LogP contribution in [-0.4, -0.2) is 19.8 Å². The van der Waals surface area contributed by atoms with Gasteiger partial charge in [-0.1, -0.05) is 6.92 Å². The highest BCUT2D eigenvalue weighted by Gasteiger charge is 2.21. The maximum atomic E-state index is 5.52. The van der Waals surface area contributed by atoms with Crippen LogP contribution in [0.25, 0.3) is 0 Å². The Morgan fingerprint density at radius 3 is 2.72 bits per heavy atom. The first kappa shape index (κ1) is 13.1. The minimum absolute atomic E-state index is 0.600. The van der Waals surface area contributed by atoms with Crippen molar-refractivity contribution in [3.63, 3.8) is 0 Å². The Morgan fingerprint density at radius 2 is 2.11 bits per heavy atom. The summed E-state index contributed by atoms with van der Waals surface area (Å²) >= 11 is 0. The van der Waals surface area contributed by atoms with Gasteiger partial charge in [-0.2, -0.15) is 0 Å². The van der Waals surface area contributed by atoms with E-state index in [1.54, 1.807) is 7.11 Å². The first-order chi connectivity index (χ1) is 8.72. The van der Waals surface area contributed by atoms with E-state index in [-0.39, 0.29) is 0 Å². The molecule has 2 atom stereocenters. The zero-order chi connectivity index (χ0) is 13.0. The van der Waals surface area contributed by atoms with Gasteiger partial charge in [0.1, 0.15) is 0 Å². The molecule has 0 radical (unpaired) electrons. The van der Waals surface area contributed by atoms with Gasteiger partial charge < -0.3 is 14.8 Å². The molecule has 0 bridgehead atoms. The van der Waals surface area contributed by atoms with Gasteiger partial charge in [0.05, 0.1) is 13.7 Å². The molecule has 0 aliphatic heterocycles. The summed E-state index contributed by atoms with van der Waals surface area (Å²) in [4.78, 5) is 0. The Balaban J connectivity index is 2.05. The average Bonchev–Trinajstić information content (AvgIpc) is 2.77. The number of rotatable bonds is 5. The fraction of sp³-hybridized carbons (Fsp3) is 0.600. The molecule has 0 spiro atoms. The van der Waals surface area contributed by atoms with E-state index in [0.717, 1.165) is 23.1 Å². The van der Waals surface area contributed by atoms with E-state index in [9.17, 15) is 0 Å². The highest BCUT2D eigenvalue weighted by atomic mass is 16.5. The van der Waals surface area contributed by atoms with Crippen LogP contribution >= 0.6 is 0 Å². The SMILES string of the molecule is CCOc1ccc(NC2CCC(C)C2)cc1OC. The summed E-state index contributed by atoms with van der Waals surface area (Å²) in [6.07, 6.45) is 3.85. The van der Waals surface area contributed by atoms with Crippen molar-refractivity contribution in [2.75, 3.05) is 19.0 Å². The Bertz CT molecular complexity index is 392. The Hall–Kier alpha value is -1.38. The predicted molar refractivity (Wildman–Crippen MR) is 74.6 cm³/mol. The van der Waals surface area contributed by atoms with Crippen LogP contribution in [0.15, 0.2) is 18.2 Å². The maximum Gasteiger partial charge on any atom is 0.162 e. The molecule has 3 heteroatoms. The third-order valence-electron chi connectivity index (χ3n) is 3.53. The molecule has 3 nitrogen and oxygen atoms in total. The Labute approximate surface area is 109 Å². The second-order valence-electron chi connectivity index (χ2n) is 5.06. The van der Waals surface area contributed by atoms with Gasteiger partial charge in [0.15, 0.2) is 11.5 Å². The van der Waals surface area contributed by atoms with Gasteiger partial charge in [-0.25, -0.2) is 0 Å². The molecule has 1 aromatic rings. The van der Waals surface area contributed by atoms with Crippen molar-refractivity contribution in [3.8, 4) is 11.5 Å². The van der Waals surface area contributed by atoms with Crippen LogP contribution in [0.3, 0.4) is 0 Å². The minimum atomic E-state index is 0.600. The van der Waals surface area contributed by atoms with Crippen LogP contribution in [-0.2, 0) is 0 Å². The average molecular weight is 249 g/mol. The number of anilines is 1. The van der Waals surface area contributed by atoms with Crippen molar-refractivity contribution < 1.29 is 9.47 Å². The van der Waals surface area contributed by atoms with Gasteiger partial charge in [0.2, 0.25) is 0 Å². The summed E-state index contributed by atoms with van der Waals surface area (Å²) in [5.41, 5.74) is 1.12. The lowest BCUT2D eigenvalue weighted by Gasteiger charge is -2.16. The molecule has 0 aromatic heterocycles. The first-order valence-corrected chi connectivity index (χ1v) is 6.80. The summed E-state index contributed by atoms with van der Waals surface area (Å²) in [5.74, 6) is 2.45. The molecule has 1 N–H and O–H groups in total. The van der Waals surface area contributed by atoms with Crippen LogP contribution < -0.4 is 14.8 Å². The standard InChI is InChI=1S/C15H23NO2/c1-4-18-14-8-7-13(10-15(14)17-3)16-12-6-5-11(2)9-12/h7-8,10-12,16H,4-6,9H2,1-3H3. The molecular weight excluding hydrogens is 226 g/mol. The van der Waals surface area contributed by atoms with Crippen molar-refractivity contribution >= 4 is 5.69 Å². The van der Waals surface area contributed by atoms with Crippen molar-refractivity contribution in [1.29, 1.82) is 0 Å².